The molecule has 0 heteroatoms. The van der Waals surface area contributed by atoms with Gasteiger partial charge in [-0.25, -0.2) is 0 Å². The molecule has 4 bridgehead atoms. The maximum Gasteiger partial charge on any atom is -0.0131 e. The van der Waals surface area contributed by atoms with Crippen LogP contribution in [-0.4, -0.2) is 0 Å². The fraction of sp³-hybridized carbons (Fsp3) is 0.200. The highest BCUT2D eigenvalue weighted by Crippen LogP contribution is 2.27. The van der Waals surface area contributed by atoms with Crippen LogP contribution < -0.4 is 0 Å². The molecule has 0 radical (unpaired) electrons. The van der Waals surface area contributed by atoms with Crippen LogP contribution in [0, 0.1) is 0 Å². The zero-order chi connectivity index (χ0) is 28.3. The van der Waals surface area contributed by atoms with E-state index in [1.807, 2.05) is 0 Å². The molecule has 5 aromatic carbocycles. The maximum atomic E-state index is 2.32. The van der Waals surface area contributed by atoms with Crippen LogP contribution in [0.3, 0.4) is 0 Å². The first kappa shape index (κ1) is 27.4. The molecule has 0 heterocycles. The van der Waals surface area contributed by atoms with E-state index in [1.54, 1.807) is 0 Å². The van der Waals surface area contributed by atoms with Crippen molar-refractivity contribution in [3.63, 3.8) is 0 Å². The molecule has 0 nitrogen and oxygen atoms in total. The van der Waals surface area contributed by atoms with Gasteiger partial charge in [-0.3, -0.25) is 0 Å². The Bertz CT molecular complexity index is 1600. The summed E-state index contributed by atoms with van der Waals surface area (Å²) in [6, 6.07) is 49.0. The van der Waals surface area contributed by atoms with Gasteiger partial charge in [0.25, 0.3) is 0 Å². The summed E-state index contributed by atoms with van der Waals surface area (Å²) in [4.78, 5) is 0. The van der Waals surface area contributed by atoms with Gasteiger partial charge in [-0.2, -0.15) is 0 Å². The maximum absolute atomic E-state index is 2.32. The minimum absolute atomic E-state index is 0.0589. The zero-order valence-electron chi connectivity index (χ0n) is 24.7. The molecule has 0 amide bonds. The monoisotopic (exact) mass is 520 g/mol. The van der Waals surface area contributed by atoms with Gasteiger partial charge in [0.15, 0.2) is 0 Å². The number of hydrogen-bond acceptors (Lipinski definition) is 0. The van der Waals surface area contributed by atoms with Crippen molar-refractivity contribution >= 4 is 43.1 Å². The predicted molar refractivity (Wildman–Crippen MR) is 178 cm³/mol. The van der Waals surface area contributed by atoms with E-state index in [0.717, 1.165) is 0 Å². The van der Waals surface area contributed by atoms with Crippen molar-refractivity contribution in [2.75, 3.05) is 0 Å². The zero-order valence-corrected chi connectivity index (χ0v) is 24.7. The molecule has 0 aliphatic heterocycles. The summed E-state index contributed by atoms with van der Waals surface area (Å²) in [6.07, 6.45) is 0. The predicted octanol–water partition coefficient (Wildman–Crippen LogP) is 11.7. The van der Waals surface area contributed by atoms with Gasteiger partial charge in [0.05, 0.1) is 0 Å². The molecule has 200 valence electrons. The molecular formula is C40H40. The van der Waals surface area contributed by atoms with E-state index in [9.17, 15) is 0 Å². The van der Waals surface area contributed by atoms with E-state index < -0.39 is 0 Å². The lowest BCUT2D eigenvalue weighted by molar-refractivity contribution is 0.591. The Balaban J connectivity index is 1.92. The highest BCUT2D eigenvalue weighted by atomic mass is 14.2. The Labute approximate surface area is 239 Å². The molecule has 0 fully saturated rings. The molecule has 40 heavy (non-hydrogen) atoms. The standard InChI is InChI=1S/C40H40/c1-39(2,3)37-25-29-15-19-33-11-7-9-13-35(33)21-17-31-24-32(28-38(27-31)40(4,5)6)18-22-36-14-10-8-12-34(36)20-16-30(23-29)26-37/h7-28H,1-6H3. The van der Waals surface area contributed by atoms with Crippen LogP contribution in [0.1, 0.15) is 52.7 Å². The van der Waals surface area contributed by atoms with Gasteiger partial charge in [0, 0.05) is 0 Å². The van der Waals surface area contributed by atoms with Crippen LogP contribution in [0.25, 0.3) is 43.1 Å². The molecule has 0 aromatic heterocycles. The second-order valence-electron chi connectivity index (χ2n) is 12.9. The van der Waals surface area contributed by atoms with E-state index in [0.29, 0.717) is 0 Å². The van der Waals surface area contributed by atoms with E-state index >= 15 is 0 Å². The van der Waals surface area contributed by atoms with E-state index in [-0.39, 0.29) is 10.8 Å². The molecular weight excluding hydrogens is 480 g/mol. The highest BCUT2D eigenvalue weighted by molar-refractivity contribution is 5.85. The van der Waals surface area contributed by atoms with Gasteiger partial charge >= 0.3 is 0 Å². The minimum Gasteiger partial charge on any atom is -0.0616 e. The molecule has 0 saturated carbocycles. The lowest BCUT2D eigenvalue weighted by Crippen LogP contribution is -2.10. The van der Waals surface area contributed by atoms with Crippen LogP contribution in [0.15, 0.2) is 133 Å². The third-order valence-corrected chi connectivity index (χ3v) is 7.50. The molecule has 0 aliphatic rings. The fourth-order valence-electron chi connectivity index (χ4n) is 4.98. The van der Waals surface area contributed by atoms with Crippen molar-refractivity contribution in [2.24, 2.45) is 0 Å². The van der Waals surface area contributed by atoms with Crippen molar-refractivity contribution in [3.05, 3.63) is 145 Å². The van der Waals surface area contributed by atoms with Gasteiger partial charge < -0.3 is 0 Å². The topological polar surface area (TPSA) is 0 Å². The highest BCUT2D eigenvalue weighted by Gasteiger charge is 2.14. The third-order valence-electron chi connectivity index (χ3n) is 7.50. The summed E-state index contributed by atoms with van der Waals surface area (Å²) in [7, 11) is 0. The first-order chi connectivity index (χ1) is 19.0. The summed E-state index contributed by atoms with van der Waals surface area (Å²) < 4.78 is 0. The Morgan fingerprint density at radius 1 is 0.300 bits per heavy atom. The van der Waals surface area contributed by atoms with Crippen LogP contribution >= 0.6 is 0 Å². The molecule has 0 atom stereocenters. The van der Waals surface area contributed by atoms with E-state index in [4.69, 9.17) is 0 Å². The third kappa shape index (κ3) is 6.69. The average molecular weight is 521 g/mol. The summed E-state index contributed by atoms with van der Waals surface area (Å²) in [6.45, 7) is 13.7. The first-order valence-electron chi connectivity index (χ1n) is 14.3. The smallest absolute Gasteiger partial charge is 0.0131 e. The summed E-state index contributed by atoms with van der Waals surface area (Å²) in [5, 5.41) is 9.67. The Morgan fingerprint density at radius 2 is 0.550 bits per heavy atom. The largest absolute Gasteiger partial charge is 0.0616 e. The van der Waals surface area contributed by atoms with Gasteiger partial charge in [-0.1, -0.05) is 163 Å². The Kier molecular flexibility index (Phi) is 7.63. The number of benzene rings is 4. The van der Waals surface area contributed by atoms with Crippen molar-refractivity contribution in [2.45, 2.75) is 52.4 Å². The summed E-state index contributed by atoms with van der Waals surface area (Å²) >= 11 is 0. The summed E-state index contributed by atoms with van der Waals surface area (Å²) in [5.41, 5.74) is 2.78. The minimum atomic E-state index is 0.0589. The first-order valence-corrected chi connectivity index (χ1v) is 14.3. The van der Waals surface area contributed by atoms with Gasteiger partial charge in [0.1, 0.15) is 0 Å². The lowest BCUT2D eigenvalue weighted by atomic mass is 9.86. The fourth-order valence-corrected chi connectivity index (χ4v) is 4.98. The second kappa shape index (κ2) is 11.1. The van der Waals surface area contributed by atoms with Gasteiger partial charge in [-0.05, 0) is 77.2 Å². The van der Waals surface area contributed by atoms with Crippen molar-refractivity contribution in [3.8, 4) is 0 Å². The molecule has 5 aromatic rings. The van der Waals surface area contributed by atoms with Crippen LogP contribution in [0.2, 0.25) is 0 Å². The number of fused-ring (bicyclic) bond motifs is 6. The number of rotatable bonds is 0. The van der Waals surface area contributed by atoms with E-state index in [1.165, 1.54) is 54.2 Å². The second-order valence-corrected chi connectivity index (χ2v) is 12.9. The SMILES string of the molecule is CC(C)(C)c1cc2ccc3ccccc3ccc3cc(C(C)(C)C)cc(ccc4ccccc4ccc(c1)c2)c3. The molecule has 0 unspecified atom stereocenters. The van der Waals surface area contributed by atoms with Gasteiger partial charge in [-0.15, -0.1) is 0 Å². The van der Waals surface area contributed by atoms with Crippen LogP contribution in [0.4, 0.5) is 0 Å². The number of hydrogen-bond donors (Lipinski definition) is 0. The molecule has 5 rings (SSSR count). The van der Waals surface area contributed by atoms with Crippen LogP contribution in [0.5, 0.6) is 0 Å². The normalized spacial score (nSPS) is 11.8. The molecule has 0 saturated heterocycles. The molecule has 0 N–H and O–H groups in total. The lowest BCUT2D eigenvalue weighted by Gasteiger charge is -2.19. The Hall–Kier alpha value is -4.16. The van der Waals surface area contributed by atoms with Gasteiger partial charge in [0.2, 0.25) is 0 Å². The molecule has 0 aliphatic carbocycles. The van der Waals surface area contributed by atoms with E-state index in [2.05, 4.69) is 175 Å². The van der Waals surface area contributed by atoms with Crippen molar-refractivity contribution in [1.82, 2.24) is 0 Å². The van der Waals surface area contributed by atoms with Crippen molar-refractivity contribution in [1.29, 1.82) is 0 Å². The quantitative estimate of drug-likeness (QED) is 0.190. The van der Waals surface area contributed by atoms with Crippen LogP contribution in [-0.2, 0) is 10.8 Å². The average Bonchev–Trinajstić information content (AvgIpc) is 2.92. The Morgan fingerprint density at radius 3 is 0.775 bits per heavy atom. The van der Waals surface area contributed by atoms with Crippen molar-refractivity contribution < 1.29 is 0 Å². The molecule has 0 spiro atoms. The summed E-state index contributed by atoms with van der Waals surface area (Å²) in [5.74, 6) is 0.